The van der Waals surface area contributed by atoms with Gasteiger partial charge in [0.25, 0.3) is 0 Å². The summed E-state index contributed by atoms with van der Waals surface area (Å²) in [6.45, 7) is 4.93. The minimum Gasteiger partial charge on any atom is -0.504 e. The van der Waals surface area contributed by atoms with Gasteiger partial charge in [-0.2, -0.15) is 5.26 Å². The highest BCUT2D eigenvalue weighted by Gasteiger charge is 2.60. The normalized spacial score (nSPS) is 30.4. The molecule has 7 rings (SSSR count). The van der Waals surface area contributed by atoms with Gasteiger partial charge in [0.1, 0.15) is 24.4 Å². The summed E-state index contributed by atoms with van der Waals surface area (Å²) in [5.74, 6) is 0.953. The molecular formula is C31H34N4O8S. The zero-order valence-corrected chi connectivity index (χ0v) is 25.9. The molecule has 0 radical (unpaired) electrons. The van der Waals surface area contributed by atoms with Crippen LogP contribution in [0.2, 0.25) is 0 Å². The molecule has 13 heteroatoms. The maximum atomic E-state index is 13.0. The number of likely N-dealkylation sites (N-methyl/N-ethyl adjacent to an activating group) is 1. The minimum absolute atomic E-state index is 0.0270. The van der Waals surface area contributed by atoms with Crippen LogP contribution in [0.15, 0.2) is 6.07 Å². The molecule has 0 saturated carbocycles. The molecule has 5 aliphatic rings. The number of hydrogen-bond donors (Lipinski definition) is 2. The Morgan fingerprint density at radius 3 is 2.64 bits per heavy atom. The van der Waals surface area contributed by atoms with Crippen LogP contribution in [0.5, 0.6) is 28.7 Å². The van der Waals surface area contributed by atoms with E-state index in [0.717, 1.165) is 22.3 Å². The molecule has 3 N–H and O–H groups in total. The van der Waals surface area contributed by atoms with E-state index in [1.165, 1.54) is 25.8 Å². The summed E-state index contributed by atoms with van der Waals surface area (Å²) >= 11 is 1.44. The third-order valence-corrected chi connectivity index (χ3v) is 11.1. The van der Waals surface area contributed by atoms with Gasteiger partial charge in [0.05, 0.1) is 30.5 Å². The number of rotatable bonds is 2. The number of esters is 2. The van der Waals surface area contributed by atoms with Gasteiger partial charge in [-0.1, -0.05) is 6.07 Å². The van der Waals surface area contributed by atoms with Gasteiger partial charge >= 0.3 is 11.9 Å². The van der Waals surface area contributed by atoms with Crippen molar-refractivity contribution in [2.45, 2.75) is 68.7 Å². The molecule has 2 saturated heterocycles. The molecule has 2 aromatic rings. The standard InChI is InChI=1S/C31H34N4O8S/c1-12-6-15-7-17-18(8-32)35-19-9-40-31(38)16(33)10-44-30(24(35)23(34(17)4)20(15)25(37)26(12)39-5)22-21(19)29-28(41-11-42-29)13(2)27(22)43-14(3)36/h6,16-19,23-24,30,37H,7,9-11,33H2,1-5H3/t16-,17?,18-,19-,23+,24+,30+/m0/s1. The number of phenols is 1. The number of nitriles is 1. The van der Waals surface area contributed by atoms with Crippen LogP contribution in [0, 0.1) is 25.2 Å². The Labute approximate surface area is 258 Å². The minimum atomic E-state index is -0.890. The van der Waals surface area contributed by atoms with Crippen molar-refractivity contribution in [2.75, 3.05) is 33.3 Å². The number of carbonyl (C=O) groups is 2. The van der Waals surface area contributed by atoms with Crippen LogP contribution in [0.25, 0.3) is 0 Å². The van der Waals surface area contributed by atoms with E-state index in [1.54, 1.807) is 0 Å². The van der Waals surface area contributed by atoms with Crippen molar-refractivity contribution < 1.29 is 38.4 Å². The summed E-state index contributed by atoms with van der Waals surface area (Å²) in [6, 6.07) is 1.36. The first kappa shape index (κ1) is 29.0. The molecule has 12 nitrogen and oxygen atoms in total. The lowest BCUT2D eigenvalue weighted by atomic mass is 9.71. The van der Waals surface area contributed by atoms with E-state index in [2.05, 4.69) is 15.9 Å². The fourth-order valence-electron chi connectivity index (χ4n) is 7.98. The third kappa shape index (κ3) is 3.94. The molecule has 2 fully saturated rings. The lowest BCUT2D eigenvalue weighted by Crippen LogP contribution is -2.69. The van der Waals surface area contributed by atoms with Gasteiger partial charge in [0.15, 0.2) is 23.0 Å². The highest BCUT2D eigenvalue weighted by atomic mass is 32.2. The average molecular weight is 623 g/mol. The van der Waals surface area contributed by atoms with E-state index < -0.39 is 47.4 Å². The Bertz CT molecular complexity index is 1640. The summed E-state index contributed by atoms with van der Waals surface area (Å²) in [5, 5.41) is 22.1. The smallest absolute Gasteiger partial charge is 0.323 e. The number of nitrogens with zero attached hydrogens (tertiary/aromatic N) is 3. The van der Waals surface area contributed by atoms with E-state index in [4.69, 9.17) is 29.4 Å². The van der Waals surface area contributed by atoms with Gasteiger partial charge in [-0.05, 0) is 38.4 Å². The molecule has 7 atom stereocenters. The summed E-state index contributed by atoms with van der Waals surface area (Å²) in [6.07, 6.45) is 0.522. The Kier molecular flexibility index (Phi) is 6.89. The Hall–Kier alpha value is -3.70. The monoisotopic (exact) mass is 622 g/mol. The average Bonchev–Trinajstić information content (AvgIpc) is 3.47. The molecule has 232 valence electrons. The molecule has 2 aromatic carbocycles. The van der Waals surface area contributed by atoms with Gasteiger partial charge in [-0.15, -0.1) is 11.8 Å². The summed E-state index contributed by atoms with van der Waals surface area (Å²) in [4.78, 5) is 29.8. The first-order chi connectivity index (χ1) is 21.1. The first-order valence-corrected chi connectivity index (χ1v) is 15.6. The maximum absolute atomic E-state index is 13.0. The second-order valence-corrected chi connectivity index (χ2v) is 13.2. The van der Waals surface area contributed by atoms with Gasteiger partial charge in [-0.3, -0.25) is 19.4 Å². The molecular weight excluding hydrogens is 588 g/mol. The zero-order valence-electron chi connectivity index (χ0n) is 25.1. The van der Waals surface area contributed by atoms with Gasteiger partial charge in [0, 0.05) is 47.0 Å². The van der Waals surface area contributed by atoms with Crippen LogP contribution in [-0.4, -0.2) is 84.3 Å². The van der Waals surface area contributed by atoms with Crippen molar-refractivity contribution in [2.24, 2.45) is 5.73 Å². The van der Waals surface area contributed by atoms with E-state index in [9.17, 15) is 20.0 Å². The highest BCUT2D eigenvalue weighted by Crippen LogP contribution is 2.64. The van der Waals surface area contributed by atoms with Crippen LogP contribution >= 0.6 is 11.8 Å². The molecule has 0 spiro atoms. The molecule has 0 amide bonds. The lowest BCUT2D eigenvalue weighted by molar-refractivity contribution is -0.150. The zero-order chi connectivity index (χ0) is 31.2. The number of cyclic esters (lactones) is 1. The van der Waals surface area contributed by atoms with Gasteiger partial charge < -0.3 is 34.5 Å². The number of hydrogen-bond acceptors (Lipinski definition) is 13. The Balaban J connectivity index is 1.56. The quantitative estimate of drug-likeness (QED) is 0.372. The van der Waals surface area contributed by atoms with E-state index in [-0.39, 0.29) is 30.9 Å². The van der Waals surface area contributed by atoms with Crippen LogP contribution in [0.4, 0.5) is 0 Å². The Morgan fingerprint density at radius 1 is 1.18 bits per heavy atom. The van der Waals surface area contributed by atoms with E-state index in [1.807, 2.05) is 27.0 Å². The first-order valence-electron chi connectivity index (χ1n) is 14.5. The second-order valence-electron chi connectivity index (χ2n) is 12.0. The number of piperazine rings is 1. The summed E-state index contributed by atoms with van der Waals surface area (Å²) in [7, 11) is 3.51. The number of fused-ring (bicyclic) bond motifs is 9. The molecule has 44 heavy (non-hydrogen) atoms. The lowest BCUT2D eigenvalue weighted by Gasteiger charge is -2.61. The number of carbonyl (C=O) groups excluding carboxylic acids is 2. The van der Waals surface area contributed by atoms with E-state index >= 15 is 0 Å². The molecule has 0 aliphatic carbocycles. The number of phenolic OH excluding ortho intramolecular Hbond substituents is 1. The topological polar surface area (TPSA) is 157 Å². The largest absolute Gasteiger partial charge is 0.504 e. The van der Waals surface area contributed by atoms with Crippen molar-refractivity contribution in [3.05, 3.63) is 39.4 Å². The number of methoxy groups -OCH3 is 1. The van der Waals surface area contributed by atoms with Crippen molar-refractivity contribution in [3.8, 4) is 34.8 Å². The van der Waals surface area contributed by atoms with Crippen LogP contribution in [0.1, 0.15) is 57.6 Å². The molecule has 1 unspecified atom stereocenters. The van der Waals surface area contributed by atoms with E-state index in [0.29, 0.717) is 40.5 Å². The third-order valence-electron chi connectivity index (χ3n) is 9.69. The van der Waals surface area contributed by atoms with Gasteiger partial charge in [-0.25, -0.2) is 0 Å². The molecule has 4 bridgehead atoms. The van der Waals surface area contributed by atoms with Crippen LogP contribution in [0.3, 0.4) is 0 Å². The number of nitrogens with two attached hydrogens (primary N) is 1. The predicted octanol–water partition coefficient (Wildman–Crippen LogP) is 2.56. The molecule has 5 aliphatic heterocycles. The predicted molar refractivity (Wildman–Crippen MR) is 158 cm³/mol. The number of thioether (sulfide) groups is 1. The SMILES string of the molecule is COc1c(C)cc2c(c1O)[C@@H]1[C@@H]3[C@@H]4SC[C@H](N)C(=O)OC[C@@H](c5c6c(c(C)c(OC(C)=O)c54)OCO6)N3[C@@H](C#N)C(C2)N1C. The number of ether oxygens (including phenoxy) is 5. The number of benzene rings is 2. The molecule has 0 aromatic heterocycles. The van der Waals surface area contributed by atoms with Crippen molar-refractivity contribution in [1.29, 1.82) is 5.26 Å². The Morgan fingerprint density at radius 2 is 1.93 bits per heavy atom. The fourth-order valence-corrected chi connectivity index (χ4v) is 9.42. The number of aromatic hydroxyl groups is 1. The van der Waals surface area contributed by atoms with Crippen LogP contribution < -0.4 is 24.7 Å². The second kappa shape index (κ2) is 10.4. The van der Waals surface area contributed by atoms with Crippen molar-refractivity contribution in [1.82, 2.24) is 9.80 Å². The summed E-state index contributed by atoms with van der Waals surface area (Å²) < 4.78 is 29.4. The molecule has 5 heterocycles. The van der Waals surface area contributed by atoms with Gasteiger partial charge in [0.2, 0.25) is 6.79 Å². The van der Waals surface area contributed by atoms with Crippen LogP contribution in [-0.2, 0) is 20.7 Å². The fraction of sp³-hybridized carbons (Fsp3) is 0.516. The van der Waals surface area contributed by atoms with Crippen molar-refractivity contribution >= 4 is 23.7 Å². The number of aryl methyl sites for hydroxylation is 1. The summed E-state index contributed by atoms with van der Waals surface area (Å²) in [5.41, 5.74) is 10.8. The maximum Gasteiger partial charge on any atom is 0.323 e. The highest BCUT2D eigenvalue weighted by molar-refractivity contribution is 7.99. The van der Waals surface area contributed by atoms with Crippen molar-refractivity contribution in [3.63, 3.8) is 0 Å².